The quantitative estimate of drug-likeness (QED) is 0.843. The second kappa shape index (κ2) is 8.00. The molecule has 0 bridgehead atoms. The Hall–Kier alpha value is -1.88. The minimum Gasteiger partial charge on any atom is -0.383 e. The van der Waals surface area contributed by atoms with Crippen molar-refractivity contribution < 1.29 is 14.3 Å². The summed E-state index contributed by atoms with van der Waals surface area (Å²) in [6, 6.07) is 7.92. The first kappa shape index (κ1) is 17.9. The van der Waals surface area contributed by atoms with Gasteiger partial charge in [-0.1, -0.05) is 17.7 Å². The van der Waals surface area contributed by atoms with Crippen LogP contribution >= 0.6 is 0 Å². The third-order valence-corrected chi connectivity index (χ3v) is 5.45. The Balaban J connectivity index is 1.55. The standard InChI is InChI=1S/C20H28N2O3/c1-15-5-7-16(8-6-15)19(23)21-12-9-17(10-13-21)20(24)22-11-3-4-18(22)14-25-2/h5-8,17-18H,3-4,9-14H2,1-2H3/t18-/m0/s1. The predicted octanol–water partition coefficient (Wildman–Crippen LogP) is 2.48. The van der Waals surface area contributed by atoms with Gasteiger partial charge >= 0.3 is 0 Å². The maximum absolute atomic E-state index is 12.8. The number of aryl methyl sites for hydroxylation is 1. The summed E-state index contributed by atoms with van der Waals surface area (Å²) in [6.07, 6.45) is 3.61. The van der Waals surface area contributed by atoms with E-state index in [2.05, 4.69) is 0 Å². The van der Waals surface area contributed by atoms with Crippen LogP contribution in [0.15, 0.2) is 24.3 Å². The highest BCUT2D eigenvalue weighted by Crippen LogP contribution is 2.26. The molecule has 2 heterocycles. The predicted molar refractivity (Wildman–Crippen MR) is 96.4 cm³/mol. The summed E-state index contributed by atoms with van der Waals surface area (Å²) in [7, 11) is 1.69. The van der Waals surface area contributed by atoms with E-state index in [1.165, 1.54) is 0 Å². The number of benzene rings is 1. The Bertz CT molecular complexity index is 606. The summed E-state index contributed by atoms with van der Waals surface area (Å²) in [5.41, 5.74) is 1.88. The van der Waals surface area contributed by atoms with E-state index in [1.54, 1.807) is 7.11 Å². The van der Waals surface area contributed by atoms with Gasteiger partial charge in [-0.25, -0.2) is 0 Å². The fourth-order valence-corrected chi connectivity index (χ4v) is 3.93. The van der Waals surface area contributed by atoms with Crippen LogP contribution in [0.1, 0.15) is 41.6 Å². The van der Waals surface area contributed by atoms with Gasteiger partial charge in [0.2, 0.25) is 5.91 Å². The summed E-state index contributed by atoms with van der Waals surface area (Å²) in [5, 5.41) is 0. The number of carbonyl (C=O) groups is 2. The van der Waals surface area contributed by atoms with Crippen LogP contribution in [0.25, 0.3) is 0 Å². The zero-order chi connectivity index (χ0) is 17.8. The lowest BCUT2D eigenvalue weighted by atomic mass is 9.94. The van der Waals surface area contributed by atoms with Gasteiger partial charge in [0.05, 0.1) is 12.6 Å². The summed E-state index contributed by atoms with van der Waals surface area (Å²) in [5.74, 6) is 0.367. The van der Waals surface area contributed by atoms with E-state index < -0.39 is 0 Å². The van der Waals surface area contributed by atoms with Crippen molar-refractivity contribution in [2.45, 2.75) is 38.6 Å². The van der Waals surface area contributed by atoms with Gasteiger partial charge in [0.1, 0.15) is 0 Å². The van der Waals surface area contributed by atoms with Crippen molar-refractivity contribution in [3.05, 3.63) is 35.4 Å². The summed E-state index contributed by atoms with van der Waals surface area (Å²) in [4.78, 5) is 29.3. The molecule has 0 unspecified atom stereocenters. The topological polar surface area (TPSA) is 49.9 Å². The van der Waals surface area contributed by atoms with Gasteiger partial charge in [-0.2, -0.15) is 0 Å². The average Bonchev–Trinajstić information content (AvgIpc) is 3.10. The molecule has 0 radical (unpaired) electrons. The first-order valence-electron chi connectivity index (χ1n) is 9.25. The van der Waals surface area contributed by atoms with Crippen molar-refractivity contribution in [1.29, 1.82) is 0 Å². The molecule has 0 N–H and O–H groups in total. The molecule has 5 heteroatoms. The molecular weight excluding hydrogens is 316 g/mol. The van der Waals surface area contributed by atoms with E-state index >= 15 is 0 Å². The molecule has 5 nitrogen and oxygen atoms in total. The Labute approximate surface area is 149 Å². The molecule has 0 saturated carbocycles. The molecule has 3 rings (SSSR count). The number of ether oxygens (including phenoxy) is 1. The molecule has 0 aliphatic carbocycles. The number of piperidine rings is 1. The lowest BCUT2D eigenvalue weighted by Crippen LogP contribution is -2.46. The van der Waals surface area contributed by atoms with Crippen molar-refractivity contribution >= 4 is 11.8 Å². The molecule has 2 aliphatic rings. The summed E-state index contributed by atoms with van der Waals surface area (Å²) >= 11 is 0. The number of hydrogen-bond donors (Lipinski definition) is 0. The van der Waals surface area contributed by atoms with Crippen LogP contribution in [-0.4, -0.2) is 61.0 Å². The number of methoxy groups -OCH3 is 1. The first-order chi connectivity index (χ1) is 12.1. The Morgan fingerprint density at radius 2 is 1.76 bits per heavy atom. The highest BCUT2D eigenvalue weighted by Gasteiger charge is 2.35. The molecule has 2 saturated heterocycles. The first-order valence-corrected chi connectivity index (χ1v) is 9.25. The van der Waals surface area contributed by atoms with E-state index in [0.717, 1.165) is 43.4 Å². The van der Waals surface area contributed by atoms with Gasteiger partial charge in [0, 0.05) is 38.2 Å². The maximum atomic E-state index is 12.8. The third kappa shape index (κ3) is 4.03. The second-order valence-electron chi connectivity index (χ2n) is 7.22. The van der Waals surface area contributed by atoms with Gasteiger partial charge in [0.15, 0.2) is 0 Å². The minimum atomic E-state index is 0.0412. The van der Waals surface area contributed by atoms with Crippen molar-refractivity contribution in [2.24, 2.45) is 5.92 Å². The number of amides is 2. The number of hydrogen-bond acceptors (Lipinski definition) is 3. The van der Waals surface area contributed by atoms with E-state index in [0.29, 0.717) is 19.7 Å². The second-order valence-corrected chi connectivity index (χ2v) is 7.22. The van der Waals surface area contributed by atoms with Crippen LogP contribution < -0.4 is 0 Å². The van der Waals surface area contributed by atoms with Crippen LogP contribution in [0.5, 0.6) is 0 Å². The Morgan fingerprint density at radius 1 is 1.08 bits per heavy atom. The SMILES string of the molecule is COC[C@@H]1CCCN1C(=O)C1CCN(C(=O)c2ccc(C)cc2)CC1. The van der Waals surface area contributed by atoms with Crippen molar-refractivity contribution in [1.82, 2.24) is 9.80 Å². The lowest BCUT2D eigenvalue weighted by Gasteiger charge is -2.35. The van der Waals surface area contributed by atoms with E-state index in [9.17, 15) is 9.59 Å². The lowest BCUT2D eigenvalue weighted by molar-refractivity contribution is -0.138. The zero-order valence-electron chi connectivity index (χ0n) is 15.2. The summed E-state index contributed by atoms with van der Waals surface area (Å²) in [6.45, 7) is 4.80. The van der Waals surface area contributed by atoms with Crippen molar-refractivity contribution in [3.8, 4) is 0 Å². The number of carbonyl (C=O) groups excluding carboxylic acids is 2. The zero-order valence-corrected chi connectivity index (χ0v) is 15.2. The summed E-state index contributed by atoms with van der Waals surface area (Å²) < 4.78 is 5.25. The van der Waals surface area contributed by atoms with Gasteiger partial charge < -0.3 is 14.5 Å². The van der Waals surface area contributed by atoms with E-state index in [1.807, 2.05) is 41.0 Å². The van der Waals surface area contributed by atoms with Crippen LogP contribution in [0.2, 0.25) is 0 Å². The van der Waals surface area contributed by atoms with E-state index in [4.69, 9.17) is 4.74 Å². The van der Waals surface area contributed by atoms with Crippen LogP contribution in [0, 0.1) is 12.8 Å². The highest BCUT2D eigenvalue weighted by atomic mass is 16.5. The monoisotopic (exact) mass is 344 g/mol. The number of likely N-dealkylation sites (tertiary alicyclic amines) is 2. The Kier molecular flexibility index (Phi) is 5.74. The largest absolute Gasteiger partial charge is 0.383 e. The van der Waals surface area contributed by atoms with Crippen molar-refractivity contribution in [3.63, 3.8) is 0 Å². The van der Waals surface area contributed by atoms with E-state index in [-0.39, 0.29) is 23.8 Å². The van der Waals surface area contributed by atoms with Crippen LogP contribution in [-0.2, 0) is 9.53 Å². The average molecular weight is 344 g/mol. The van der Waals surface area contributed by atoms with Gasteiger partial charge in [-0.15, -0.1) is 0 Å². The third-order valence-electron chi connectivity index (χ3n) is 5.45. The van der Waals surface area contributed by atoms with Crippen LogP contribution in [0.3, 0.4) is 0 Å². The normalized spacial score (nSPS) is 21.6. The number of rotatable bonds is 4. The molecule has 2 amide bonds. The fraction of sp³-hybridized carbons (Fsp3) is 0.600. The minimum absolute atomic E-state index is 0.0412. The molecule has 0 aromatic heterocycles. The van der Waals surface area contributed by atoms with Gasteiger partial charge in [0.25, 0.3) is 5.91 Å². The molecule has 0 spiro atoms. The van der Waals surface area contributed by atoms with Gasteiger partial charge in [-0.05, 0) is 44.7 Å². The molecule has 25 heavy (non-hydrogen) atoms. The number of nitrogens with zero attached hydrogens (tertiary/aromatic N) is 2. The van der Waals surface area contributed by atoms with Crippen molar-refractivity contribution in [2.75, 3.05) is 33.4 Å². The van der Waals surface area contributed by atoms with Gasteiger partial charge in [-0.3, -0.25) is 9.59 Å². The maximum Gasteiger partial charge on any atom is 0.253 e. The molecular formula is C20H28N2O3. The smallest absolute Gasteiger partial charge is 0.253 e. The Morgan fingerprint density at radius 3 is 2.40 bits per heavy atom. The molecule has 1 aromatic rings. The molecule has 136 valence electrons. The molecule has 1 aromatic carbocycles. The fourth-order valence-electron chi connectivity index (χ4n) is 3.93. The molecule has 1 atom stereocenters. The van der Waals surface area contributed by atoms with Crippen LogP contribution in [0.4, 0.5) is 0 Å². The molecule has 2 aliphatic heterocycles. The molecule has 2 fully saturated rings. The highest BCUT2D eigenvalue weighted by molar-refractivity contribution is 5.94.